The molecule has 0 radical (unpaired) electrons. The zero-order valence-electron chi connectivity index (χ0n) is 12.8. The number of benzene rings is 3. The predicted molar refractivity (Wildman–Crippen MR) is 101 cm³/mol. The van der Waals surface area contributed by atoms with Crippen LogP contribution in [-0.4, -0.2) is 5.91 Å². The normalized spacial score (nSPS) is 9.71. The molecule has 3 rings (SSSR count). The maximum atomic E-state index is 12.5. The summed E-state index contributed by atoms with van der Waals surface area (Å²) in [6.07, 6.45) is 0. The second kappa shape index (κ2) is 7.63. The summed E-state index contributed by atoms with van der Waals surface area (Å²) < 4.78 is 0.967. The van der Waals surface area contributed by atoms with Crippen molar-refractivity contribution in [2.75, 3.05) is 5.32 Å². The highest BCUT2D eigenvalue weighted by atomic mass is 79.9. The number of carbonyl (C=O) groups is 1. The van der Waals surface area contributed by atoms with Crippen LogP contribution in [0.1, 0.15) is 21.5 Å². The summed E-state index contributed by atoms with van der Waals surface area (Å²) in [5, 5.41) is 2.90. The first-order chi connectivity index (χ1) is 11.7. The van der Waals surface area contributed by atoms with E-state index in [-0.39, 0.29) is 5.91 Å². The number of hydrogen-bond acceptors (Lipinski definition) is 1. The molecule has 0 aliphatic heterocycles. The first-order valence-corrected chi connectivity index (χ1v) is 8.25. The highest BCUT2D eigenvalue weighted by Crippen LogP contribution is 2.16. The molecule has 0 saturated carbocycles. The van der Waals surface area contributed by atoms with E-state index in [1.807, 2.05) is 72.8 Å². The van der Waals surface area contributed by atoms with E-state index >= 15 is 0 Å². The first-order valence-electron chi connectivity index (χ1n) is 7.45. The Bertz CT molecular complexity index is 906. The van der Waals surface area contributed by atoms with E-state index in [4.69, 9.17) is 0 Å². The topological polar surface area (TPSA) is 29.1 Å². The number of rotatable bonds is 2. The lowest BCUT2D eigenvalue weighted by Crippen LogP contribution is -2.13. The molecule has 3 aromatic rings. The van der Waals surface area contributed by atoms with Gasteiger partial charge >= 0.3 is 0 Å². The number of anilines is 1. The van der Waals surface area contributed by atoms with Gasteiger partial charge in [-0.2, -0.15) is 0 Å². The molecule has 0 fully saturated rings. The molecular formula is C21H14BrNO. The van der Waals surface area contributed by atoms with Crippen LogP contribution < -0.4 is 5.32 Å². The van der Waals surface area contributed by atoms with E-state index in [1.165, 1.54) is 0 Å². The fourth-order valence-electron chi connectivity index (χ4n) is 2.18. The zero-order valence-corrected chi connectivity index (χ0v) is 14.4. The number of nitrogens with one attached hydrogen (secondary N) is 1. The molecule has 1 N–H and O–H groups in total. The Labute approximate surface area is 149 Å². The standard InChI is InChI=1S/C21H14BrNO/c22-18-12-14-19(15-13-18)23-21(24)20-9-5-4-8-17(20)11-10-16-6-2-1-3-7-16/h1-9,12-15H,(H,23,24). The fourth-order valence-corrected chi connectivity index (χ4v) is 2.45. The maximum Gasteiger partial charge on any atom is 0.256 e. The quantitative estimate of drug-likeness (QED) is 0.620. The molecule has 0 atom stereocenters. The van der Waals surface area contributed by atoms with Gasteiger partial charge in [-0.15, -0.1) is 0 Å². The van der Waals surface area contributed by atoms with Gasteiger partial charge in [0.15, 0.2) is 0 Å². The van der Waals surface area contributed by atoms with Gasteiger partial charge in [-0.1, -0.05) is 58.1 Å². The van der Waals surface area contributed by atoms with Crippen molar-refractivity contribution in [1.29, 1.82) is 0 Å². The van der Waals surface area contributed by atoms with Crippen molar-refractivity contribution in [2.24, 2.45) is 0 Å². The Morgan fingerprint density at radius 1 is 0.792 bits per heavy atom. The van der Waals surface area contributed by atoms with Crippen molar-refractivity contribution in [3.05, 3.63) is 100 Å². The van der Waals surface area contributed by atoms with Crippen molar-refractivity contribution < 1.29 is 4.79 Å². The van der Waals surface area contributed by atoms with Crippen LogP contribution in [0.15, 0.2) is 83.3 Å². The van der Waals surface area contributed by atoms with Gasteiger partial charge in [-0.3, -0.25) is 4.79 Å². The van der Waals surface area contributed by atoms with Crippen molar-refractivity contribution >= 4 is 27.5 Å². The van der Waals surface area contributed by atoms with Gasteiger partial charge in [0.2, 0.25) is 0 Å². The third-order valence-corrected chi connectivity index (χ3v) is 3.92. The zero-order chi connectivity index (χ0) is 16.8. The van der Waals surface area contributed by atoms with Crippen LogP contribution in [0.25, 0.3) is 0 Å². The summed E-state index contributed by atoms with van der Waals surface area (Å²) in [5.74, 6) is 6.01. The van der Waals surface area contributed by atoms with Crippen LogP contribution in [0.2, 0.25) is 0 Å². The lowest BCUT2D eigenvalue weighted by Gasteiger charge is -2.07. The van der Waals surface area contributed by atoms with E-state index in [1.54, 1.807) is 6.07 Å². The average Bonchev–Trinajstić information content (AvgIpc) is 2.63. The smallest absolute Gasteiger partial charge is 0.256 e. The number of hydrogen-bond donors (Lipinski definition) is 1. The third-order valence-electron chi connectivity index (χ3n) is 3.39. The molecule has 116 valence electrons. The SMILES string of the molecule is O=C(Nc1ccc(Br)cc1)c1ccccc1C#Cc1ccccc1. The van der Waals surface area contributed by atoms with Crippen LogP contribution >= 0.6 is 15.9 Å². The van der Waals surface area contributed by atoms with Gasteiger partial charge < -0.3 is 5.32 Å². The molecule has 0 unspecified atom stereocenters. The first kappa shape index (κ1) is 16.0. The molecule has 0 heterocycles. The lowest BCUT2D eigenvalue weighted by atomic mass is 10.1. The van der Waals surface area contributed by atoms with Gasteiger partial charge in [0, 0.05) is 21.3 Å². The van der Waals surface area contributed by atoms with Crippen LogP contribution in [0.3, 0.4) is 0 Å². The Kier molecular flexibility index (Phi) is 5.10. The molecule has 0 aliphatic rings. The van der Waals surface area contributed by atoms with Gasteiger partial charge in [0.05, 0.1) is 5.56 Å². The highest BCUT2D eigenvalue weighted by molar-refractivity contribution is 9.10. The number of halogens is 1. The average molecular weight is 376 g/mol. The molecule has 0 saturated heterocycles. The van der Waals surface area contributed by atoms with Crippen molar-refractivity contribution in [2.45, 2.75) is 0 Å². The minimum absolute atomic E-state index is 0.171. The molecule has 0 bridgehead atoms. The summed E-state index contributed by atoms with van der Waals surface area (Å²) in [6.45, 7) is 0. The fraction of sp³-hybridized carbons (Fsp3) is 0. The Morgan fingerprint density at radius 2 is 1.46 bits per heavy atom. The Hall–Kier alpha value is -2.83. The van der Waals surface area contributed by atoms with Gasteiger partial charge in [0.1, 0.15) is 0 Å². The summed E-state index contributed by atoms with van der Waals surface area (Å²) in [7, 11) is 0. The van der Waals surface area contributed by atoms with Crippen molar-refractivity contribution in [3.63, 3.8) is 0 Å². The van der Waals surface area contributed by atoms with E-state index in [9.17, 15) is 4.79 Å². The van der Waals surface area contributed by atoms with E-state index in [0.29, 0.717) is 11.1 Å². The molecule has 0 spiro atoms. The van der Waals surface area contributed by atoms with Gasteiger partial charge in [0.25, 0.3) is 5.91 Å². The predicted octanol–water partition coefficient (Wildman–Crippen LogP) is 5.10. The van der Waals surface area contributed by atoms with E-state index in [2.05, 4.69) is 33.1 Å². The largest absolute Gasteiger partial charge is 0.322 e. The highest BCUT2D eigenvalue weighted by Gasteiger charge is 2.09. The van der Waals surface area contributed by atoms with Gasteiger partial charge in [-0.25, -0.2) is 0 Å². The molecule has 1 amide bonds. The van der Waals surface area contributed by atoms with Crippen molar-refractivity contribution in [3.8, 4) is 11.8 Å². The van der Waals surface area contributed by atoms with Crippen LogP contribution in [0.4, 0.5) is 5.69 Å². The molecule has 0 aliphatic carbocycles. The third kappa shape index (κ3) is 4.13. The molecule has 3 heteroatoms. The molecule has 3 aromatic carbocycles. The molecule has 24 heavy (non-hydrogen) atoms. The van der Waals surface area contributed by atoms with Crippen LogP contribution in [0, 0.1) is 11.8 Å². The summed E-state index contributed by atoms with van der Waals surface area (Å²) in [6, 6.07) is 24.5. The summed E-state index contributed by atoms with van der Waals surface area (Å²) in [4.78, 5) is 12.5. The Balaban J connectivity index is 1.85. The second-order valence-electron chi connectivity index (χ2n) is 5.12. The lowest BCUT2D eigenvalue weighted by molar-refractivity contribution is 0.102. The van der Waals surface area contributed by atoms with Gasteiger partial charge in [-0.05, 0) is 48.5 Å². The Morgan fingerprint density at radius 3 is 2.21 bits per heavy atom. The molecular weight excluding hydrogens is 362 g/mol. The molecule has 0 aromatic heterocycles. The van der Waals surface area contributed by atoms with Crippen LogP contribution in [-0.2, 0) is 0 Å². The minimum atomic E-state index is -0.171. The number of amides is 1. The summed E-state index contributed by atoms with van der Waals surface area (Å²) in [5.41, 5.74) is 2.93. The maximum absolute atomic E-state index is 12.5. The van der Waals surface area contributed by atoms with E-state index < -0.39 is 0 Å². The second-order valence-corrected chi connectivity index (χ2v) is 6.04. The monoisotopic (exact) mass is 375 g/mol. The molecule has 2 nitrogen and oxygen atoms in total. The van der Waals surface area contributed by atoms with Crippen LogP contribution in [0.5, 0.6) is 0 Å². The van der Waals surface area contributed by atoms with Crippen molar-refractivity contribution in [1.82, 2.24) is 0 Å². The number of carbonyl (C=O) groups excluding carboxylic acids is 1. The minimum Gasteiger partial charge on any atom is -0.322 e. The summed E-state index contributed by atoms with van der Waals surface area (Å²) >= 11 is 3.38. The van der Waals surface area contributed by atoms with E-state index in [0.717, 1.165) is 15.7 Å².